The number of allylic oxidation sites excluding steroid dienone is 4. The van der Waals surface area contributed by atoms with Gasteiger partial charge in [0.2, 0.25) is 0 Å². The number of likely N-dealkylation sites (tertiary alicyclic amines) is 1. The second kappa shape index (κ2) is 34.3. The van der Waals surface area contributed by atoms with Gasteiger partial charge in [0.15, 0.2) is 0 Å². The standard InChI is InChI=1S/C42H81N/c1-3-5-7-9-11-13-15-17-19-21-22-24-26-28-30-32-34-36-42-37-40-43(41-38-42)39-35-33-31-29-27-25-23-20-18-16-14-12-10-8-6-4-2/h17-20,42H,3-16,21-41H2,1-2H3/b19-17-,20-18-. The van der Waals surface area contributed by atoms with Crippen LogP contribution in [0.3, 0.4) is 0 Å². The van der Waals surface area contributed by atoms with Crippen LogP contribution in [0.5, 0.6) is 0 Å². The molecule has 254 valence electrons. The molecule has 0 aromatic carbocycles. The number of rotatable bonds is 33. The predicted octanol–water partition coefficient (Wildman–Crippen LogP) is 14.6. The van der Waals surface area contributed by atoms with Crippen molar-refractivity contribution in [2.24, 2.45) is 5.92 Å². The lowest BCUT2D eigenvalue weighted by Gasteiger charge is -2.32. The van der Waals surface area contributed by atoms with Crippen molar-refractivity contribution in [1.29, 1.82) is 0 Å². The molecule has 0 aromatic heterocycles. The van der Waals surface area contributed by atoms with E-state index in [1.807, 2.05) is 0 Å². The Labute approximate surface area is 273 Å². The molecule has 0 bridgehead atoms. The van der Waals surface area contributed by atoms with E-state index in [0.717, 1.165) is 5.92 Å². The SMILES string of the molecule is CCCCCCCC/C=C\CCCCCCCCCC1CCN(CCCCCCCC/C=C\CCCCCCCC)CC1. The van der Waals surface area contributed by atoms with E-state index in [2.05, 4.69) is 43.1 Å². The van der Waals surface area contributed by atoms with Gasteiger partial charge in [0.1, 0.15) is 0 Å². The first-order valence-electron chi connectivity index (χ1n) is 20.4. The summed E-state index contributed by atoms with van der Waals surface area (Å²) < 4.78 is 0. The minimum atomic E-state index is 1.03. The molecule has 0 N–H and O–H groups in total. The molecule has 0 radical (unpaired) electrons. The third kappa shape index (κ3) is 29.9. The van der Waals surface area contributed by atoms with Crippen molar-refractivity contribution in [3.63, 3.8) is 0 Å². The molecule has 0 aromatic rings. The molecule has 0 aliphatic carbocycles. The molecule has 1 rings (SSSR count). The van der Waals surface area contributed by atoms with Crippen LogP contribution in [-0.4, -0.2) is 24.5 Å². The van der Waals surface area contributed by atoms with Crippen molar-refractivity contribution >= 4 is 0 Å². The second-order valence-electron chi connectivity index (χ2n) is 14.3. The van der Waals surface area contributed by atoms with E-state index in [0.29, 0.717) is 0 Å². The van der Waals surface area contributed by atoms with Gasteiger partial charge in [0.05, 0.1) is 0 Å². The quantitative estimate of drug-likeness (QED) is 0.0535. The van der Waals surface area contributed by atoms with Crippen molar-refractivity contribution < 1.29 is 0 Å². The van der Waals surface area contributed by atoms with Crippen LogP contribution in [0.1, 0.15) is 219 Å². The fraction of sp³-hybridized carbons (Fsp3) is 0.905. The van der Waals surface area contributed by atoms with Crippen molar-refractivity contribution in [3.05, 3.63) is 24.3 Å². The van der Waals surface area contributed by atoms with Crippen LogP contribution in [0.15, 0.2) is 24.3 Å². The van der Waals surface area contributed by atoms with Gasteiger partial charge in [-0.15, -0.1) is 0 Å². The van der Waals surface area contributed by atoms with E-state index >= 15 is 0 Å². The van der Waals surface area contributed by atoms with Crippen molar-refractivity contribution in [2.75, 3.05) is 19.6 Å². The topological polar surface area (TPSA) is 3.24 Å². The van der Waals surface area contributed by atoms with Gasteiger partial charge in [-0.25, -0.2) is 0 Å². The first-order chi connectivity index (χ1) is 21.4. The average Bonchev–Trinajstić information content (AvgIpc) is 3.03. The summed E-state index contributed by atoms with van der Waals surface area (Å²) in [5.74, 6) is 1.03. The van der Waals surface area contributed by atoms with Crippen LogP contribution in [0.25, 0.3) is 0 Å². The summed E-state index contributed by atoms with van der Waals surface area (Å²) in [6, 6.07) is 0. The summed E-state index contributed by atoms with van der Waals surface area (Å²) in [5, 5.41) is 0. The van der Waals surface area contributed by atoms with Gasteiger partial charge < -0.3 is 4.90 Å². The largest absolute Gasteiger partial charge is 0.303 e. The Hall–Kier alpha value is -0.560. The van der Waals surface area contributed by atoms with Gasteiger partial charge in [-0.1, -0.05) is 173 Å². The molecule has 43 heavy (non-hydrogen) atoms. The third-order valence-electron chi connectivity index (χ3n) is 10.1. The first-order valence-corrected chi connectivity index (χ1v) is 20.4. The van der Waals surface area contributed by atoms with E-state index in [4.69, 9.17) is 0 Å². The number of hydrogen-bond acceptors (Lipinski definition) is 1. The molecule has 0 spiro atoms. The highest BCUT2D eigenvalue weighted by atomic mass is 15.1. The van der Waals surface area contributed by atoms with Crippen LogP contribution >= 0.6 is 0 Å². The summed E-state index contributed by atoms with van der Waals surface area (Å²) in [6.45, 7) is 8.72. The van der Waals surface area contributed by atoms with E-state index in [1.54, 1.807) is 0 Å². The zero-order chi connectivity index (χ0) is 30.7. The molecular weight excluding hydrogens is 518 g/mol. The normalized spacial score (nSPS) is 15.0. The highest BCUT2D eigenvalue weighted by Gasteiger charge is 2.18. The fourth-order valence-corrected chi connectivity index (χ4v) is 6.94. The summed E-state index contributed by atoms with van der Waals surface area (Å²) in [5.41, 5.74) is 0. The number of hydrogen-bond donors (Lipinski definition) is 0. The lowest BCUT2D eigenvalue weighted by molar-refractivity contribution is 0.174. The van der Waals surface area contributed by atoms with Crippen LogP contribution < -0.4 is 0 Å². The monoisotopic (exact) mass is 600 g/mol. The second-order valence-corrected chi connectivity index (χ2v) is 14.3. The molecule has 0 amide bonds. The summed E-state index contributed by atoms with van der Waals surface area (Å²) in [6.07, 6.45) is 55.3. The van der Waals surface area contributed by atoms with Crippen molar-refractivity contribution in [2.45, 2.75) is 219 Å². The van der Waals surface area contributed by atoms with Crippen LogP contribution in [0.2, 0.25) is 0 Å². The lowest BCUT2D eigenvalue weighted by Crippen LogP contribution is -2.34. The maximum absolute atomic E-state index is 2.77. The van der Waals surface area contributed by atoms with Gasteiger partial charge in [0.25, 0.3) is 0 Å². The zero-order valence-corrected chi connectivity index (χ0v) is 30.1. The molecule has 1 heterocycles. The van der Waals surface area contributed by atoms with Crippen molar-refractivity contribution in [3.8, 4) is 0 Å². The van der Waals surface area contributed by atoms with Gasteiger partial charge in [0, 0.05) is 0 Å². The summed E-state index contributed by atoms with van der Waals surface area (Å²) >= 11 is 0. The van der Waals surface area contributed by atoms with Gasteiger partial charge in [-0.2, -0.15) is 0 Å². The molecule has 1 fully saturated rings. The fourth-order valence-electron chi connectivity index (χ4n) is 6.94. The van der Waals surface area contributed by atoms with Crippen LogP contribution in [0, 0.1) is 5.92 Å². The summed E-state index contributed by atoms with van der Waals surface area (Å²) in [4.78, 5) is 2.77. The minimum absolute atomic E-state index is 1.03. The predicted molar refractivity (Wildman–Crippen MR) is 197 cm³/mol. The van der Waals surface area contributed by atoms with Gasteiger partial charge in [-0.05, 0) is 96.2 Å². The highest BCUT2D eigenvalue weighted by molar-refractivity contribution is 4.82. The van der Waals surface area contributed by atoms with Gasteiger partial charge in [-0.3, -0.25) is 0 Å². The molecule has 1 heteroatoms. The van der Waals surface area contributed by atoms with Gasteiger partial charge >= 0.3 is 0 Å². The van der Waals surface area contributed by atoms with E-state index in [9.17, 15) is 0 Å². The number of nitrogens with zero attached hydrogens (tertiary/aromatic N) is 1. The zero-order valence-electron chi connectivity index (χ0n) is 30.1. The Morgan fingerprint density at radius 1 is 0.395 bits per heavy atom. The smallest absolute Gasteiger partial charge is 0.00161 e. The van der Waals surface area contributed by atoms with Crippen LogP contribution in [-0.2, 0) is 0 Å². The number of unbranched alkanes of at least 4 members (excludes halogenated alkanes) is 25. The molecule has 0 atom stereocenters. The van der Waals surface area contributed by atoms with Crippen LogP contribution in [0.4, 0.5) is 0 Å². The summed E-state index contributed by atoms with van der Waals surface area (Å²) in [7, 11) is 0. The third-order valence-corrected chi connectivity index (χ3v) is 10.1. The van der Waals surface area contributed by atoms with E-state index < -0.39 is 0 Å². The average molecular weight is 600 g/mol. The maximum Gasteiger partial charge on any atom is -0.00161 e. The number of piperidine rings is 1. The highest BCUT2D eigenvalue weighted by Crippen LogP contribution is 2.24. The molecule has 0 unspecified atom stereocenters. The van der Waals surface area contributed by atoms with E-state index in [1.165, 1.54) is 225 Å². The molecular formula is C42H81N. The Morgan fingerprint density at radius 2 is 0.721 bits per heavy atom. The van der Waals surface area contributed by atoms with Crippen molar-refractivity contribution in [1.82, 2.24) is 4.90 Å². The molecule has 1 aliphatic heterocycles. The van der Waals surface area contributed by atoms with E-state index in [-0.39, 0.29) is 0 Å². The molecule has 0 saturated carbocycles. The first kappa shape index (κ1) is 40.5. The Bertz CT molecular complexity index is 569. The Morgan fingerprint density at radius 3 is 1.12 bits per heavy atom. The molecule has 1 saturated heterocycles. The maximum atomic E-state index is 2.77. The molecule has 1 aliphatic rings. The Kier molecular flexibility index (Phi) is 32.3. The molecule has 1 nitrogen and oxygen atoms in total. The Balaban J connectivity index is 1.77. The minimum Gasteiger partial charge on any atom is -0.303 e. The lowest BCUT2D eigenvalue weighted by atomic mass is 9.91.